The fraction of sp³-hybridized carbons (Fsp3) is 0.750. The third-order valence-corrected chi connectivity index (χ3v) is 3.06. The zero-order valence-corrected chi connectivity index (χ0v) is 10.9. The van der Waals surface area contributed by atoms with Crippen LogP contribution >= 0.6 is 0 Å². The van der Waals surface area contributed by atoms with E-state index in [0.29, 0.717) is 31.4 Å². The highest BCUT2D eigenvalue weighted by Crippen LogP contribution is 2.19. The number of likely N-dealkylation sites (tertiary alicyclic amines) is 1. The molecule has 0 N–H and O–H groups in total. The number of ether oxygens (including phenoxy) is 1. The summed E-state index contributed by atoms with van der Waals surface area (Å²) in [6.45, 7) is 6.36. The van der Waals surface area contributed by atoms with E-state index in [1.165, 1.54) is 0 Å². The van der Waals surface area contributed by atoms with Crippen LogP contribution < -0.4 is 0 Å². The maximum absolute atomic E-state index is 11.7. The smallest absolute Gasteiger partial charge is 0.310 e. The van der Waals surface area contributed by atoms with Crippen LogP contribution in [0.2, 0.25) is 0 Å². The van der Waals surface area contributed by atoms with Crippen LogP contribution in [0.15, 0.2) is 4.52 Å². The molecule has 0 bridgehead atoms. The van der Waals surface area contributed by atoms with Gasteiger partial charge in [-0.1, -0.05) is 5.16 Å². The summed E-state index contributed by atoms with van der Waals surface area (Å²) >= 11 is 0. The summed E-state index contributed by atoms with van der Waals surface area (Å²) in [5.74, 6) is 1.14. The highest BCUT2D eigenvalue weighted by atomic mass is 16.5. The van der Waals surface area contributed by atoms with E-state index in [1.54, 1.807) is 6.92 Å². The minimum Gasteiger partial charge on any atom is -0.466 e. The van der Waals surface area contributed by atoms with E-state index >= 15 is 0 Å². The molecule has 1 aliphatic rings. The molecule has 100 valence electrons. The first kappa shape index (κ1) is 13.0. The molecule has 18 heavy (non-hydrogen) atoms. The van der Waals surface area contributed by atoms with Crippen LogP contribution in [0.5, 0.6) is 0 Å². The molecule has 6 heteroatoms. The molecule has 6 nitrogen and oxygen atoms in total. The van der Waals surface area contributed by atoms with Crippen LogP contribution in [0.25, 0.3) is 0 Å². The molecular weight excluding hydrogens is 234 g/mol. The lowest BCUT2D eigenvalue weighted by Crippen LogP contribution is -2.39. The Morgan fingerprint density at radius 2 is 2.44 bits per heavy atom. The third kappa shape index (κ3) is 3.29. The van der Waals surface area contributed by atoms with Crippen LogP contribution in [-0.4, -0.2) is 40.7 Å². The SMILES string of the molecule is CCOC(=O)[C@H]1CCCN(Cc2noc(C)n2)C1. The number of piperidine rings is 1. The number of carbonyl (C=O) groups excluding carboxylic acids is 1. The summed E-state index contributed by atoms with van der Waals surface area (Å²) in [4.78, 5) is 18.1. The Kier molecular flexibility index (Phi) is 4.30. The average Bonchev–Trinajstić information content (AvgIpc) is 2.75. The number of esters is 1. The first-order valence-corrected chi connectivity index (χ1v) is 6.37. The molecule has 1 aromatic heterocycles. The van der Waals surface area contributed by atoms with E-state index in [1.807, 2.05) is 6.92 Å². The van der Waals surface area contributed by atoms with Gasteiger partial charge in [-0.3, -0.25) is 9.69 Å². The first-order valence-electron chi connectivity index (χ1n) is 6.37. The molecule has 1 aliphatic heterocycles. The summed E-state index contributed by atoms with van der Waals surface area (Å²) in [7, 11) is 0. The fourth-order valence-corrected chi connectivity index (χ4v) is 2.26. The lowest BCUT2D eigenvalue weighted by atomic mass is 9.98. The molecule has 0 spiro atoms. The molecule has 1 aromatic rings. The number of aryl methyl sites for hydroxylation is 1. The van der Waals surface area contributed by atoms with E-state index < -0.39 is 0 Å². The van der Waals surface area contributed by atoms with Gasteiger partial charge in [0.2, 0.25) is 5.89 Å². The van der Waals surface area contributed by atoms with Gasteiger partial charge in [-0.25, -0.2) is 0 Å². The Balaban J connectivity index is 1.88. The molecule has 0 saturated carbocycles. The van der Waals surface area contributed by atoms with Crippen molar-refractivity contribution in [2.75, 3.05) is 19.7 Å². The Labute approximate surface area is 106 Å². The second-order valence-electron chi connectivity index (χ2n) is 4.56. The van der Waals surface area contributed by atoms with Gasteiger partial charge >= 0.3 is 5.97 Å². The zero-order chi connectivity index (χ0) is 13.0. The van der Waals surface area contributed by atoms with Crippen LogP contribution in [0.3, 0.4) is 0 Å². The highest BCUT2D eigenvalue weighted by molar-refractivity contribution is 5.72. The van der Waals surface area contributed by atoms with Gasteiger partial charge in [0.25, 0.3) is 0 Å². The average molecular weight is 253 g/mol. The Bertz CT molecular complexity index is 405. The molecule has 1 fully saturated rings. The first-order chi connectivity index (χ1) is 8.69. The predicted octanol–water partition coefficient (Wildman–Crippen LogP) is 1.15. The number of nitrogens with zero attached hydrogens (tertiary/aromatic N) is 3. The fourth-order valence-electron chi connectivity index (χ4n) is 2.26. The van der Waals surface area contributed by atoms with E-state index in [4.69, 9.17) is 9.26 Å². The van der Waals surface area contributed by atoms with Crippen molar-refractivity contribution in [3.63, 3.8) is 0 Å². The van der Waals surface area contributed by atoms with Gasteiger partial charge in [-0.05, 0) is 26.3 Å². The monoisotopic (exact) mass is 253 g/mol. The van der Waals surface area contributed by atoms with Crippen molar-refractivity contribution >= 4 is 5.97 Å². The molecule has 0 radical (unpaired) electrons. The van der Waals surface area contributed by atoms with Crippen LogP contribution in [-0.2, 0) is 16.1 Å². The molecule has 0 aromatic carbocycles. The Hall–Kier alpha value is -1.43. The van der Waals surface area contributed by atoms with E-state index in [0.717, 1.165) is 19.4 Å². The van der Waals surface area contributed by atoms with Crippen LogP contribution in [0.4, 0.5) is 0 Å². The van der Waals surface area contributed by atoms with Crippen molar-refractivity contribution in [1.29, 1.82) is 0 Å². The minimum absolute atomic E-state index is 0.0216. The van der Waals surface area contributed by atoms with Gasteiger partial charge in [0, 0.05) is 13.5 Å². The maximum atomic E-state index is 11.7. The number of aromatic nitrogens is 2. The topological polar surface area (TPSA) is 68.5 Å². The van der Waals surface area contributed by atoms with Gasteiger partial charge in [0.05, 0.1) is 19.1 Å². The molecule has 0 aliphatic carbocycles. The summed E-state index contributed by atoms with van der Waals surface area (Å²) in [6, 6.07) is 0. The van der Waals surface area contributed by atoms with Crippen molar-refractivity contribution in [3.8, 4) is 0 Å². The standard InChI is InChI=1S/C12H19N3O3/c1-3-17-12(16)10-5-4-6-15(7-10)8-11-13-9(2)18-14-11/h10H,3-8H2,1-2H3/t10-/m0/s1. The van der Waals surface area contributed by atoms with Gasteiger partial charge in [-0.15, -0.1) is 0 Å². The molecule has 2 rings (SSSR count). The molecule has 1 saturated heterocycles. The maximum Gasteiger partial charge on any atom is 0.310 e. The summed E-state index contributed by atoms with van der Waals surface area (Å²) < 4.78 is 10.0. The Morgan fingerprint density at radius 1 is 1.61 bits per heavy atom. The number of carbonyl (C=O) groups is 1. The number of rotatable bonds is 4. The zero-order valence-electron chi connectivity index (χ0n) is 10.9. The van der Waals surface area contributed by atoms with Gasteiger partial charge in [0.1, 0.15) is 0 Å². The van der Waals surface area contributed by atoms with E-state index in [-0.39, 0.29) is 11.9 Å². The number of hydrogen-bond acceptors (Lipinski definition) is 6. The molecular formula is C12H19N3O3. The van der Waals surface area contributed by atoms with Crippen molar-refractivity contribution in [2.24, 2.45) is 5.92 Å². The minimum atomic E-state index is -0.0912. The highest BCUT2D eigenvalue weighted by Gasteiger charge is 2.27. The summed E-state index contributed by atoms with van der Waals surface area (Å²) in [5, 5.41) is 3.87. The molecule has 1 atom stereocenters. The van der Waals surface area contributed by atoms with Gasteiger partial charge in [0.15, 0.2) is 5.82 Å². The van der Waals surface area contributed by atoms with Crippen molar-refractivity contribution in [2.45, 2.75) is 33.2 Å². The predicted molar refractivity (Wildman–Crippen MR) is 63.7 cm³/mol. The van der Waals surface area contributed by atoms with Crippen LogP contribution in [0.1, 0.15) is 31.5 Å². The lowest BCUT2D eigenvalue weighted by Gasteiger charge is -2.30. The summed E-state index contributed by atoms with van der Waals surface area (Å²) in [5.41, 5.74) is 0. The van der Waals surface area contributed by atoms with Crippen LogP contribution in [0, 0.1) is 12.8 Å². The Morgan fingerprint density at radius 3 is 3.11 bits per heavy atom. The quantitative estimate of drug-likeness (QED) is 0.750. The molecule has 2 heterocycles. The largest absolute Gasteiger partial charge is 0.466 e. The lowest BCUT2D eigenvalue weighted by molar-refractivity contribution is -0.150. The van der Waals surface area contributed by atoms with Crippen molar-refractivity contribution < 1.29 is 14.1 Å². The van der Waals surface area contributed by atoms with Crippen molar-refractivity contribution in [3.05, 3.63) is 11.7 Å². The van der Waals surface area contributed by atoms with Gasteiger partial charge < -0.3 is 9.26 Å². The van der Waals surface area contributed by atoms with E-state index in [2.05, 4.69) is 15.0 Å². The molecule has 0 amide bonds. The second-order valence-corrected chi connectivity index (χ2v) is 4.56. The number of hydrogen-bond donors (Lipinski definition) is 0. The summed E-state index contributed by atoms with van der Waals surface area (Å²) in [6.07, 6.45) is 1.90. The molecule has 0 unspecified atom stereocenters. The van der Waals surface area contributed by atoms with Gasteiger partial charge in [-0.2, -0.15) is 4.98 Å². The normalized spacial score (nSPS) is 20.9. The van der Waals surface area contributed by atoms with E-state index in [9.17, 15) is 4.79 Å². The van der Waals surface area contributed by atoms with Crippen molar-refractivity contribution in [1.82, 2.24) is 15.0 Å². The second kappa shape index (κ2) is 5.95. The third-order valence-electron chi connectivity index (χ3n) is 3.06.